The molecular weight excluding hydrogens is 503 g/mol. The first kappa shape index (κ1) is 28.0. The minimum atomic E-state index is -4.49. The SMILES string of the molecule is NN(C(=O)NCCCNC(=O)c1ccccc1Nc1cccc(C(F)(F)F)c1)C(=O)OCc1ccccc1. The quantitative estimate of drug-likeness (QED) is 0.137. The maximum absolute atomic E-state index is 13.0. The molecule has 4 amide bonds. The van der Waals surface area contributed by atoms with Crippen LogP contribution in [0, 0.1) is 0 Å². The Morgan fingerprint density at radius 1 is 0.868 bits per heavy atom. The molecule has 12 heteroatoms. The van der Waals surface area contributed by atoms with Crippen LogP contribution in [0.4, 0.5) is 34.1 Å². The number of ether oxygens (including phenoxy) is 1. The molecule has 3 aromatic rings. The lowest BCUT2D eigenvalue weighted by atomic mass is 10.1. The second-order valence-electron chi connectivity index (χ2n) is 8.00. The Kier molecular flexibility index (Phi) is 9.66. The predicted molar refractivity (Wildman–Crippen MR) is 134 cm³/mol. The van der Waals surface area contributed by atoms with Crippen LogP contribution < -0.4 is 21.8 Å². The van der Waals surface area contributed by atoms with E-state index in [9.17, 15) is 27.6 Å². The summed E-state index contributed by atoms with van der Waals surface area (Å²) < 4.78 is 44.0. The predicted octanol–water partition coefficient (Wildman–Crippen LogP) is 4.79. The number of hydrazine groups is 1. The van der Waals surface area contributed by atoms with Crippen LogP contribution in [-0.2, 0) is 17.5 Å². The Balaban J connectivity index is 1.43. The van der Waals surface area contributed by atoms with E-state index < -0.39 is 29.8 Å². The van der Waals surface area contributed by atoms with Gasteiger partial charge in [0.25, 0.3) is 5.91 Å². The zero-order valence-electron chi connectivity index (χ0n) is 20.1. The van der Waals surface area contributed by atoms with Gasteiger partial charge < -0.3 is 20.7 Å². The van der Waals surface area contributed by atoms with Gasteiger partial charge in [0.1, 0.15) is 6.61 Å². The van der Waals surface area contributed by atoms with Gasteiger partial charge in [-0.3, -0.25) is 4.79 Å². The molecule has 0 radical (unpaired) electrons. The van der Waals surface area contributed by atoms with Crippen molar-refractivity contribution >= 4 is 29.4 Å². The number of rotatable bonds is 9. The van der Waals surface area contributed by atoms with Crippen molar-refractivity contribution in [2.24, 2.45) is 5.84 Å². The molecule has 0 aliphatic rings. The summed E-state index contributed by atoms with van der Waals surface area (Å²) in [6.07, 6.45) is -5.20. The molecule has 0 heterocycles. The molecule has 200 valence electrons. The number of nitrogens with two attached hydrogens (primary N) is 1. The molecule has 0 atom stereocenters. The number of benzene rings is 3. The van der Waals surface area contributed by atoms with Crippen LogP contribution in [0.5, 0.6) is 0 Å². The van der Waals surface area contributed by atoms with Crippen LogP contribution in [0.15, 0.2) is 78.9 Å². The van der Waals surface area contributed by atoms with Crippen molar-refractivity contribution in [2.75, 3.05) is 18.4 Å². The number of hydrogen-bond donors (Lipinski definition) is 4. The minimum Gasteiger partial charge on any atom is -0.443 e. The summed E-state index contributed by atoms with van der Waals surface area (Å²) in [5, 5.41) is 8.28. The van der Waals surface area contributed by atoms with Crippen molar-refractivity contribution in [3.05, 3.63) is 95.6 Å². The van der Waals surface area contributed by atoms with Crippen molar-refractivity contribution < 1.29 is 32.3 Å². The Bertz CT molecular complexity index is 1250. The van der Waals surface area contributed by atoms with E-state index in [-0.39, 0.29) is 30.9 Å². The molecule has 9 nitrogen and oxygen atoms in total. The highest BCUT2D eigenvalue weighted by Crippen LogP contribution is 2.31. The summed E-state index contributed by atoms with van der Waals surface area (Å²) in [6, 6.07) is 19.0. The van der Waals surface area contributed by atoms with E-state index >= 15 is 0 Å². The monoisotopic (exact) mass is 529 g/mol. The third-order valence-electron chi connectivity index (χ3n) is 5.18. The summed E-state index contributed by atoms with van der Waals surface area (Å²) in [4.78, 5) is 36.6. The van der Waals surface area contributed by atoms with Gasteiger partial charge in [-0.15, -0.1) is 0 Å². The number of halogens is 3. The van der Waals surface area contributed by atoms with Gasteiger partial charge in [-0.2, -0.15) is 18.2 Å². The molecular formula is C26H26F3N5O4. The smallest absolute Gasteiger partial charge is 0.433 e. The van der Waals surface area contributed by atoms with Crippen LogP contribution in [-0.4, -0.2) is 36.1 Å². The molecule has 3 rings (SSSR count). The van der Waals surface area contributed by atoms with Gasteiger partial charge in [-0.1, -0.05) is 48.5 Å². The fourth-order valence-electron chi connectivity index (χ4n) is 3.26. The first-order valence-electron chi connectivity index (χ1n) is 11.5. The molecule has 0 aliphatic carbocycles. The van der Waals surface area contributed by atoms with E-state index in [1.54, 1.807) is 42.5 Å². The van der Waals surface area contributed by atoms with E-state index in [0.717, 1.165) is 17.7 Å². The summed E-state index contributed by atoms with van der Waals surface area (Å²) in [5.74, 6) is 5.02. The summed E-state index contributed by atoms with van der Waals surface area (Å²) >= 11 is 0. The Morgan fingerprint density at radius 3 is 2.29 bits per heavy atom. The summed E-state index contributed by atoms with van der Waals surface area (Å²) in [7, 11) is 0. The van der Waals surface area contributed by atoms with Crippen LogP contribution in [0.2, 0.25) is 0 Å². The molecule has 5 N–H and O–H groups in total. The van der Waals surface area contributed by atoms with Gasteiger partial charge in [0.05, 0.1) is 16.8 Å². The number of anilines is 2. The van der Waals surface area contributed by atoms with Crippen molar-refractivity contribution in [1.29, 1.82) is 0 Å². The highest BCUT2D eigenvalue weighted by molar-refractivity contribution is 6.00. The van der Waals surface area contributed by atoms with Crippen LogP contribution in [0.3, 0.4) is 0 Å². The topological polar surface area (TPSA) is 126 Å². The molecule has 0 saturated heterocycles. The number of urea groups is 1. The molecule has 0 bridgehead atoms. The van der Waals surface area contributed by atoms with E-state index in [2.05, 4.69) is 16.0 Å². The van der Waals surface area contributed by atoms with Crippen LogP contribution in [0.1, 0.15) is 27.9 Å². The number of alkyl halides is 3. The average molecular weight is 530 g/mol. The maximum atomic E-state index is 13.0. The Morgan fingerprint density at radius 2 is 1.55 bits per heavy atom. The van der Waals surface area contributed by atoms with Crippen molar-refractivity contribution in [3.8, 4) is 0 Å². The summed E-state index contributed by atoms with van der Waals surface area (Å²) in [6.45, 7) is 0.222. The number of imide groups is 1. The normalized spacial score (nSPS) is 10.8. The van der Waals surface area contributed by atoms with Crippen LogP contribution in [0.25, 0.3) is 0 Å². The number of nitrogens with zero attached hydrogens (tertiary/aromatic N) is 1. The highest BCUT2D eigenvalue weighted by atomic mass is 19.4. The van der Waals surface area contributed by atoms with Crippen molar-refractivity contribution in [3.63, 3.8) is 0 Å². The van der Waals surface area contributed by atoms with Gasteiger partial charge in [0.15, 0.2) is 0 Å². The molecule has 0 unspecified atom stereocenters. The molecule has 38 heavy (non-hydrogen) atoms. The van der Waals surface area contributed by atoms with E-state index in [1.165, 1.54) is 18.2 Å². The molecule has 0 aliphatic heterocycles. The zero-order chi connectivity index (χ0) is 27.5. The highest BCUT2D eigenvalue weighted by Gasteiger charge is 2.30. The molecule has 0 aromatic heterocycles. The van der Waals surface area contributed by atoms with Gasteiger partial charge in [-0.25, -0.2) is 15.4 Å². The van der Waals surface area contributed by atoms with E-state index in [0.29, 0.717) is 17.1 Å². The maximum Gasteiger partial charge on any atom is 0.433 e. The van der Waals surface area contributed by atoms with E-state index in [4.69, 9.17) is 10.6 Å². The summed E-state index contributed by atoms with van der Waals surface area (Å²) in [5.41, 5.74) is 0.647. The first-order valence-corrected chi connectivity index (χ1v) is 11.5. The fraction of sp³-hybridized carbons (Fsp3) is 0.192. The molecule has 3 aromatic carbocycles. The lowest BCUT2D eigenvalue weighted by Gasteiger charge is -2.16. The Labute approximate surface area is 216 Å². The Hall–Kier alpha value is -4.58. The average Bonchev–Trinajstić information content (AvgIpc) is 2.91. The number of hydrogen-bond acceptors (Lipinski definition) is 6. The lowest BCUT2D eigenvalue weighted by Crippen LogP contribution is -2.48. The zero-order valence-corrected chi connectivity index (χ0v) is 20.1. The van der Waals surface area contributed by atoms with Gasteiger partial charge in [0.2, 0.25) is 0 Å². The second kappa shape index (κ2) is 13.1. The lowest BCUT2D eigenvalue weighted by molar-refractivity contribution is -0.137. The standard InChI is InChI=1S/C26H26F3N5O4/c27-26(28,29)19-10-6-11-20(16-19)33-22-13-5-4-12-21(22)23(35)31-14-7-15-32-24(36)34(30)25(37)38-17-18-8-2-1-3-9-18/h1-6,8-13,16,33H,7,14-15,17,30H2,(H,31,35)(H,32,36). The number of nitrogens with one attached hydrogen (secondary N) is 3. The molecule has 0 fully saturated rings. The number of carbonyl (C=O) groups excluding carboxylic acids is 3. The minimum absolute atomic E-state index is 0.0449. The van der Waals surface area contributed by atoms with Crippen molar-refractivity contribution in [1.82, 2.24) is 15.6 Å². The largest absolute Gasteiger partial charge is 0.443 e. The number of carbonyl (C=O) groups is 3. The first-order chi connectivity index (χ1) is 18.1. The van der Waals surface area contributed by atoms with Gasteiger partial charge in [-0.05, 0) is 42.3 Å². The van der Waals surface area contributed by atoms with Gasteiger partial charge >= 0.3 is 18.3 Å². The molecule has 0 spiro atoms. The third kappa shape index (κ3) is 8.23. The van der Waals surface area contributed by atoms with Crippen molar-refractivity contribution in [2.45, 2.75) is 19.2 Å². The van der Waals surface area contributed by atoms with Gasteiger partial charge in [0, 0.05) is 18.8 Å². The van der Waals surface area contributed by atoms with Crippen LogP contribution >= 0.6 is 0 Å². The van der Waals surface area contributed by atoms with E-state index in [1.807, 2.05) is 6.07 Å². The number of amides is 4. The number of para-hydroxylation sites is 1. The second-order valence-corrected chi connectivity index (χ2v) is 8.00. The molecule has 0 saturated carbocycles. The third-order valence-corrected chi connectivity index (χ3v) is 5.18. The fourth-order valence-corrected chi connectivity index (χ4v) is 3.26.